The molecule has 0 amide bonds. The zero-order chi connectivity index (χ0) is 28.0. The molecule has 0 saturated carbocycles. The quantitative estimate of drug-likeness (QED) is 0.234. The third kappa shape index (κ3) is 3.73. The Morgan fingerprint density at radius 2 is 1.24 bits per heavy atom. The highest BCUT2D eigenvalue weighted by atomic mass is 16.6. The van der Waals surface area contributed by atoms with E-state index >= 15 is 0 Å². The number of piperidine rings is 2. The van der Waals surface area contributed by atoms with E-state index in [0.717, 1.165) is 14.2 Å². The Morgan fingerprint density at radius 3 is 1.58 bits per heavy atom. The van der Waals surface area contributed by atoms with Gasteiger partial charge in [0.1, 0.15) is 0 Å². The molecule has 4 atom stereocenters. The van der Waals surface area contributed by atoms with E-state index in [0.29, 0.717) is 0 Å². The van der Waals surface area contributed by atoms with Crippen molar-refractivity contribution >= 4 is 29.1 Å². The first-order valence-electron chi connectivity index (χ1n) is 11.6. The zero-order valence-corrected chi connectivity index (χ0v) is 21.2. The van der Waals surface area contributed by atoms with Gasteiger partial charge in [0.2, 0.25) is 0 Å². The van der Waals surface area contributed by atoms with Crippen molar-refractivity contribution < 1.29 is 33.7 Å². The van der Waals surface area contributed by atoms with Gasteiger partial charge in [0.25, 0.3) is 11.4 Å². The molecule has 2 aliphatic rings. The van der Waals surface area contributed by atoms with E-state index < -0.39 is 50.5 Å². The van der Waals surface area contributed by atoms with Gasteiger partial charge in [0.05, 0.1) is 36.1 Å². The molecule has 2 unspecified atom stereocenters. The first kappa shape index (κ1) is 26.8. The van der Waals surface area contributed by atoms with Crippen molar-refractivity contribution in [2.24, 2.45) is 10.8 Å². The fourth-order valence-corrected chi connectivity index (χ4v) is 6.27. The maximum atomic E-state index is 14.6. The number of non-ortho nitro benzene ring substituents is 2. The Kier molecular flexibility index (Phi) is 6.76. The van der Waals surface area contributed by atoms with E-state index in [4.69, 9.17) is 9.47 Å². The summed E-state index contributed by atoms with van der Waals surface area (Å²) in [6.45, 7) is -0.285. The smallest absolute Gasteiger partial charge is 0.322 e. The van der Waals surface area contributed by atoms with Gasteiger partial charge >= 0.3 is 11.9 Å². The molecule has 4 rings (SSSR count). The van der Waals surface area contributed by atoms with E-state index in [2.05, 4.69) is 0 Å². The fourth-order valence-electron chi connectivity index (χ4n) is 6.27. The summed E-state index contributed by atoms with van der Waals surface area (Å²) in [7, 11) is 5.44. The van der Waals surface area contributed by atoms with Gasteiger partial charge in [-0.05, 0) is 25.2 Å². The molecule has 2 aromatic carbocycles. The number of nitrogens with zero attached hydrogens (tertiary/aromatic N) is 4. The first-order valence-corrected chi connectivity index (χ1v) is 11.6. The topological polar surface area (TPSA) is 162 Å². The molecule has 0 N–H and O–H groups in total. The van der Waals surface area contributed by atoms with E-state index in [-0.39, 0.29) is 35.6 Å². The van der Waals surface area contributed by atoms with Crippen molar-refractivity contribution in [2.45, 2.75) is 12.1 Å². The zero-order valence-electron chi connectivity index (χ0n) is 21.2. The average Bonchev–Trinajstić information content (AvgIpc) is 2.89. The predicted molar refractivity (Wildman–Crippen MR) is 131 cm³/mol. The lowest BCUT2D eigenvalue weighted by molar-refractivity contribution is -0.385. The van der Waals surface area contributed by atoms with Crippen molar-refractivity contribution in [3.05, 3.63) is 79.9 Å². The van der Waals surface area contributed by atoms with E-state index in [1.165, 1.54) is 36.4 Å². The normalized spacial score (nSPS) is 27.4. The molecule has 2 bridgehead atoms. The maximum absolute atomic E-state index is 14.6. The van der Waals surface area contributed by atoms with Crippen molar-refractivity contribution in [3.8, 4) is 0 Å². The molecule has 0 spiro atoms. The molecular formula is C25H26N4O9. The number of likely N-dealkylation sites (tertiary alicyclic amines) is 2. The third-order valence-corrected chi connectivity index (χ3v) is 7.49. The van der Waals surface area contributed by atoms with Crippen LogP contribution in [-0.4, -0.2) is 78.8 Å². The van der Waals surface area contributed by atoms with Crippen LogP contribution in [-0.2, 0) is 23.9 Å². The number of benzene rings is 2. The number of hydrogen-bond donors (Lipinski definition) is 0. The first-order chi connectivity index (χ1) is 17.9. The Hall–Kier alpha value is -4.23. The fraction of sp³-hybridized carbons (Fsp3) is 0.400. The standard InChI is InChI=1S/C25H26N4O9/c1-26-13-24(22(31)37-3)19(15-7-5-9-17(11-15)28(33)34)27(2)20(16-8-6-10-18(12-16)29(35)36)25(14-26,21(24)30)23(32)38-4/h5-12,19-20H,13-14H2,1-4H3/t19?,20?,24-,25+. The minimum Gasteiger partial charge on any atom is -0.468 e. The Morgan fingerprint density at radius 1 is 0.842 bits per heavy atom. The average molecular weight is 527 g/mol. The summed E-state index contributed by atoms with van der Waals surface area (Å²) >= 11 is 0. The summed E-state index contributed by atoms with van der Waals surface area (Å²) < 4.78 is 10.2. The lowest BCUT2D eigenvalue weighted by Crippen LogP contribution is -2.75. The van der Waals surface area contributed by atoms with Gasteiger partial charge in [0, 0.05) is 37.4 Å². The number of nitro benzene ring substituents is 2. The molecular weight excluding hydrogens is 500 g/mol. The number of fused-ring (bicyclic) bond motifs is 2. The molecule has 0 aromatic heterocycles. The van der Waals surface area contributed by atoms with Crippen LogP contribution in [0.1, 0.15) is 23.2 Å². The molecule has 38 heavy (non-hydrogen) atoms. The van der Waals surface area contributed by atoms with Crippen LogP contribution in [0.4, 0.5) is 11.4 Å². The second-order valence-corrected chi connectivity index (χ2v) is 9.60. The second-order valence-electron chi connectivity index (χ2n) is 9.60. The largest absolute Gasteiger partial charge is 0.468 e. The number of methoxy groups -OCH3 is 2. The van der Waals surface area contributed by atoms with Crippen LogP contribution in [0, 0.1) is 31.1 Å². The summed E-state index contributed by atoms with van der Waals surface area (Å²) in [5.41, 5.74) is -3.93. The van der Waals surface area contributed by atoms with Crippen LogP contribution >= 0.6 is 0 Å². The number of rotatable bonds is 6. The molecule has 2 fully saturated rings. The maximum Gasteiger partial charge on any atom is 0.322 e. The summed E-state index contributed by atoms with van der Waals surface area (Å²) in [6.07, 6.45) is 0. The van der Waals surface area contributed by atoms with E-state index in [1.807, 2.05) is 0 Å². The molecule has 200 valence electrons. The van der Waals surface area contributed by atoms with Crippen LogP contribution in [0.15, 0.2) is 48.5 Å². The number of Topliss-reactive ketones (excluding diaryl/α,β-unsaturated/α-hetero) is 1. The van der Waals surface area contributed by atoms with Crippen LogP contribution in [0.5, 0.6) is 0 Å². The number of esters is 2. The molecule has 13 heteroatoms. The molecule has 13 nitrogen and oxygen atoms in total. The van der Waals surface area contributed by atoms with Crippen molar-refractivity contribution in [2.75, 3.05) is 41.4 Å². The molecule has 2 aliphatic heterocycles. The SMILES string of the molecule is COC(=O)[C@@]12CN(C)C[C@@](C(=O)OC)(C1=O)C(c1cccc([N+](=O)[O-])c1)N(C)C2c1cccc([N+](=O)[O-])c1. The van der Waals surface area contributed by atoms with E-state index in [1.54, 1.807) is 36.0 Å². The van der Waals surface area contributed by atoms with Crippen molar-refractivity contribution in [1.29, 1.82) is 0 Å². The van der Waals surface area contributed by atoms with Gasteiger partial charge < -0.3 is 14.4 Å². The summed E-state index contributed by atoms with van der Waals surface area (Å²) in [5, 5.41) is 23.2. The minimum atomic E-state index is -1.98. The highest BCUT2D eigenvalue weighted by molar-refractivity contribution is 6.17. The van der Waals surface area contributed by atoms with Crippen LogP contribution < -0.4 is 0 Å². The van der Waals surface area contributed by atoms with Crippen molar-refractivity contribution in [3.63, 3.8) is 0 Å². The number of nitro groups is 2. The summed E-state index contributed by atoms with van der Waals surface area (Å²) in [4.78, 5) is 67.0. The highest BCUT2D eigenvalue weighted by Gasteiger charge is 2.74. The van der Waals surface area contributed by atoms with Crippen LogP contribution in [0.3, 0.4) is 0 Å². The Labute approximate surface area is 217 Å². The van der Waals surface area contributed by atoms with Gasteiger partial charge in [-0.25, -0.2) is 0 Å². The summed E-state index contributed by atoms with van der Waals surface area (Å²) in [5.74, 6) is -2.60. The summed E-state index contributed by atoms with van der Waals surface area (Å²) in [6, 6.07) is 8.81. The molecule has 2 heterocycles. The van der Waals surface area contributed by atoms with Gasteiger partial charge in [-0.15, -0.1) is 0 Å². The van der Waals surface area contributed by atoms with Crippen LogP contribution in [0.2, 0.25) is 0 Å². The van der Waals surface area contributed by atoms with Crippen LogP contribution in [0.25, 0.3) is 0 Å². The lowest BCUT2D eigenvalue weighted by Gasteiger charge is -2.60. The number of carbonyl (C=O) groups is 3. The number of ether oxygens (including phenoxy) is 2. The number of ketones is 1. The van der Waals surface area contributed by atoms with Gasteiger partial charge in [-0.2, -0.15) is 0 Å². The van der Waals surface area contributed by atoms with Gasteiger partial charge in [0.15, 0.2) is 16.6 Å². The Bertz CT molecular complexity index is 1250. The highest BCUT2D eigenvalue weighted by Crippen LogP contribution is 2.60. The molecule has 2 aromatic rings. The number of carbonyl (C=O) groups excluding carboxylic acids is 3. The number of hydrogen-bond acceptors (Lipinski definition) is 11. The third-order valence-electron chi connectivity index (χ3n) is 7.49. The lowest BCUT2D eigenvalue weighted by atomic mass is 9.54. The molecule has 2 saturated heterocycles. The minimum absolute atomic E-state index is 0.142. The van der Waals surface area contributed by atoms with Crippen molar-refractivity contribution in [1.82, 2.24) is 9.80 Å². The van der Waals surface area contributed by atoms with E-state index in [9.17, 15) is 34.6 Å². The predicted octanol–water partition coefficient (Wildman–Crippen LogP) is 2.06. The molecule has 0 aliphatic carbocycles. The molecule has 0 radical (unpaired) electrons. The monoisotopic (exact) mass is 526 g/mol. The van der Waals surface area contributed by atoms with Gasteiger partial charge in [-0.3, -0.25) is 39.5 Å². The second kappa shape index (κ2) is 9.58. The Balaban J connectivity index is 2.10. The van der Waals surface area contributed by atoms with Gasteiger partial charge in [-0.1, -0.05) is 24.3 Å².